The maximum atomic E-state index is 13.0. The third-order valence-electron chi connectivity index (χ3n) is 4.91. The van der Waals surface area contributed by atoms with E-state index in [-0.39, 0.29) is 5.65 Å². The van der Waals surface area contributed by atoms with Gasteiger partial charge in [0.1, 0.15) is 0 Å². The zero-order valence-electron chi connectivity index (χ0n) is 14.4. The second-order valence-electron chi connectivity index (χ2n) is 6.81. The number of hydrogen-bond acceptors (Lipinski definition) is 6. The number of alkyl halides is 2. The van der Waals surface area contributed by atoms with Crippen molar-refractivity contribution in [3.05, 3.63) is 36.2 Å². The fourth-order valence-electron chi connectivity index (χ4n) is 3.62. The van der Waals surface area contributed by atoms with Gasteiger partial charge in [-0.1, -0.05) is 6.42 Å². The Labute approximate surface area is 153 Å². The van der Waals surface area contributed by atoms with Gasteiger partial charge in [0, 0.05) is 24.6 Å². The van der Waals surface area contributed by atoms with Crippen molar-refractivity contribution in [1.29, 1.82) is 0 Å². The number of anilines is 2. The van der Waals surface area contributed by atoms with Crippen molar-refractivity contribution < 1.29 is 18.3 Å². The smallest absolute Gasteiger partial charge is 0.299 e. The molecule has 3 aromatic rings. The van der Waals surface area contributed by atoms with E-state index < -0.39 is 18.0 Å². The maximum absolute atomic E-state index is 13.0. The highest BCUT2D eigenvalue weighted by Gasteiger charge is 2.42. The predicted molar refractivity (Wildman–Crippen MR) is 92.5 cm³/mol. The van der Waals surface area contributed by atoms with Gasteiger partial charge in [-0.05, 0) is 37.1 Å². The second-order valence-corrected chi connectivity index (χ2v) is 6.81. The van der Waals surface area contributed by atoms with Crippen molar-refractivity contribution >= 4 is 17.2 Å². The number of benzene rings is 1. The van der Waals surface area contributed by atoms with Gasteiger partial charge in [-0.25, -0.2) is 8.78 Å². The Hall–Kier alpha value is -2.97. The number of nitrogens with one attached hydrogen (secondary N) is 1. The van der Waals surface area contributed by atoms with E-state index in [0.29, 0.717) is 11.6 Å². The van der Waals surface area contributed by atoms with Crippen molar-refractivity contribution in [2.45, 2.75) is 44.3 Å². The molecular weight excluding hydrogens is 356 g/mol. The molecular formula is C18H17F2N5O2. The molecule has 9 heteroatoms. The first-order chi connectivity index (χ1) is 13.1. The molecule has 0 amide bonds. The number of nitrogens with zero attached hydrogens (tertiary/aromatic N) is 4. The van der Waals surface area contributed by atoms with Crippen LogP contribution in [0.4, 0.5) is 20.3 Å². The van der Waals surface area contributed by atoms with E-state index in [9.17, 15) is 8.78 Å². The van der Waals surface area contributed by atoms with Crippen molar-refractivity contribution in [2.24, 2.45) is 0 Å². The normalized spacial score (nSPS) is 17.7. The monoisotopic (exact) mass is 373 g/mol. The van der Waals surface area contributed by atoms with Crippen molar-refractivity contribution in [2.75, 3.05) is 5.32 Å². The van der Waals surface area contributed by atoms with Crippen LogP contribution >= 0.6 is 0 Å². The molecule has 1 aliphatic carbocycles. The zero-order chi connectivity index (χ0) is 18.4. The fourth-order valence-corrected chi connectivity index (χ4v) is 3.62. The number of rotatable bonds is 3. The van der Waals surface area contributed by atoms with Crippen LogP contribution in [0.2, 0.25) is 0 Å². The minimum absolute atomic E-state index is 0.265. The van der Waals surface area contributed by atoms with Crippen LogP contribution in [-0.4, -0.2) is 25.6 Å². The Morgan fingerprint density at radius 2 is 1.81 bits per heavy atom. The summed E-state index contributed by atoms with van der Waals surface area (Å²) in [6.07, 6.45) is 2.40. The number of aromatic nitrogens is 4. The van der Waals surface area contributed by atoms with E-state index in [4.69, 9.17) is 9.47 Å². The van der Waals surface area contributed by atoms with Gasteiger partial charge >= 0.3 is 0 Å². The first kappa shape index (κ1) is 16.2. The molecule has 1 aliphatic heterocycles. The highest BCUT2D eigenvalue weighted by Crippen LogP contribution is 2.46. The molecule has 1 N–H and O–H groups in total. The van der Waals surface area contributed by atoms with Gasteiger partial charge in [-0.15, -0.1) is 15.3 Å². The van der Waals surface area contributed by atoms with Crippen LogP contribution in [-0.2, 0) is 0 Å². The van der Waals surface area contributed by atoms with E-state index in [1.807, 2.05) is 18.2 Å². The maximum Gasteiger partial charge on any atom is 0.299 e. The molecule has 3 heterocycles. The Bertz CT molecular complexity index is 1000. The average Bonchev–Trinajstić information content (AvgIpc) is 3.22. The van der Waals surface area contributed by atoms with Crippen molar-refractivity contribution in [1.82, 2.24) is 19.8 Å². The number of halogens is 2. The third kappa shape index (κ3) is 2.83. The summed E-state index contributed by atoms with van der Waals surface area (Å²) in [5, 5.41) is 14.4. The summed E-state index contributed by atoms with van der Waals surface area (Å²) in [6, 6.07) is 8.77. The molecule has 1 saturated carbocycles. The standard InChI is InChI=1S/C18H17F2N5O2/c19-16(20)17-23-22-15-7-6-14(24-25(15)17)21-11-4-5-12-13(10-11)27-18(26-12)8-2-1-3-9-18/h4-7,10,16H,1-3,8-9H2,(H,21,24). The molecule has 0 radical (unpaired) electrons. The summed E-state index contributed by atoms with van der Waals surface area (Å²) >= 11 is 0. The first-order valence-corrected chi connectivity index (χ1v) is 8.92. The minimum Gasteiger partial charge on any atom is -0.448 e. The average molecular weight is 373 g/mol. The van der Waals surface area contributed by atoms with Gasteiger partial charge in [0.05, 0.1) is 0 Å². The number of fused-ring (bicyclic) bond motifs is 2. The van der Waals surface area contributed by atoms with Crippen LogP contribution in [0, 0.1) is 0 Å². The topological polar surface area (TPSA) is 73.6 Å². The predicted octanol–water partition coefficient (Wildman–Crippen LogP) is 4.24. The molecule has 27 heavy (non-hydrogen) atoms. The highest BCUT2D eigenvalue weighted by molar-refractivity contribution is 5.62. The number of ether oxygens (including phenoxy) is 2. The lowest BCUT2D eigenvalue weighted by atomic mass is 9.94. The molecule has 0 saturated heterocycles. The largest absolute Gasteiger partial charge is 0.448 e. The molecule has 140 valence electrons. The molecule has 1 spiro atoms. The third-order valence-corrected chi connectivity index (χ3v) is 4.91. The molecule has 0 atom stereocenters. The van der Waals surface area contributed by atoms with Crippen LogP contribution in [0.25, 0.3) is 5.65 Å². The van der Waals surface area contributed by atoms with Gasteiger partial charge in [0.15, 0.2) is 23.0 Å². The van der Waals surface area contributed by atoms with Gasteiger partial charge in [0.2, 0.25) is 5.82 Å². The second kappa shape index (κ2) is 6.04. The first-order valence-electron chi connectivity index (χ1n) is 8.92. The Morgan fingerprint density at radius 1 is 1.00 bits per heavy atom. The van der Waals surface area contributed by atoms with Crippen molar-refractivity contribution in [3.8, 4) is 11.5 Å². The van der Waals surface area contributed by atoms with E-state index in [1.165, 1.54) is 6.42 Å². The van der Waals surface area contributed by atoms with Gasteiger partial charge < -0.3 is 14.8 Å². The Balaban J connectivity index is 1.40. The molecule has 7 nitrogen and oxygen atoms in total. The highest BCUT2D eigenvalue weighted by atomic mass is 19.3. The quantitative estimate of drug-likeness (QED) is 0.740. The summed E-state index contributed by atoms with van der Waals surface area (Å²) in [4.78, 5) is 0. The fraction of sp³-hybridized carbons (Fsp3) is 0.389. The molecule has 1 aromatic carbocycles. The molecule has 2 aliphatic rings. The molecule has 1 fully saturated rings. The lowest BCUT2D eigenvalue weighted by Crippen LogP contribution is -2.40. The van der Waals surface area contributed by atoms with Crippen LogP contribution in [0.5, 0.6) is 11.5 Å². The molecule has 5 rings (SSSR count). The van der Waals surface area contributed by atoms with Crippen LogP contribution in [0.3, 0.4) is 0 Å². The summed E-state index contributed by atoms with van der Waals surface area (Å²) in [6.45, 7) is 0. The van der Waals surface area contributed by atoms with Crippen LogP contribution < -0.4 is 14.8 Å². The SMILES string of the molecule is FC(F)c1nnc2ccc(Nc3ccc4c(c3)OC3(CCCCC3)O4)nn12. The lowest BCUT2D eigenvalue weighted by molar-refractivity contribution is -0.105. The summed E-state index contributed by atoms with van der Waals surface area (Å²) in [7, 11) is 0. The summed E-state index contributed by atoms with van der Waals surface area (Å²) in [5.41, 5.74) is 0.990. The summed E-state index contributed by atoms with van der Waals surface area (Å²) in [5.74, 6) is 0.782. The molecule has 2 aromatic heterocycles. The summed E-state index contributed by atoms with van der Waals surface area (Å²) < 4.78 is 39.2. The Morgan fingerprint density at radius 3 is 2.63 bits per heavy atom. The lowest BCUT2D eigenvalue weighted by Gasteiger charge is -2.31. The van der Waals surface area contributed by atoms with E-state index in [0.717, 1.165) is 41.6 Å². The van der Waals surface area contributed by atoms with E-state index in [2.05, 4.69) is 20.6 Å². The van der Waals surface area contributed by atoms with Gasteiger partial charge in [-0.3, -0.25) is 0 Å². The molecule has 0 unspecified atom stereocenters. The van der Waals surface area contributed by atoms with Crippen LogP contribution in [0.1, 0.15) is 44.4 Å². The van der Waals surface area contributed by atoms with Crippen LogP contribution in [0.15, 0.2) is 30.3 Å². The van der Waals surface area contributed by atoms with E-state index in [1.54, 1.807) is 12.1 Å². The van der Waals surface area contributed by atoms with E-state index >= 15 is 0 Å². The molecule has 0 bridgehead atoms. The number of hydrogen-bond donors (Lipinski definition) is 1. The van der Waals surface area contributed by atoms with Gasteiger partial charge in [-0.2, -0.15) is 4.52 Å². The Kier molecular flexibility index (Phi) is 3.63. The van der Waals surface area contributed by atoms with Gasteiger partial charge in [0.25, 0.3) is 12.2 Å². The zero-order valence-corrected chi connectivity index (χ0v) is 14.4. The minimum atomic E-state index is -2.75. The van der Waals surface area contributed by atoms with Crippen molar-refractivity contribution in [3.63, 3.8) is 0 Å².